The van der Waals surface area contributed by atoms with Crippen molar-refractivity contribution in [2.24, 2.45) is 0 Å². The Kier molecular flexibility index (Phi) is 4.42. The van der Waals surface area contributed by atoms with Gasteiger partial charge < -0.3 is 0 Å². The van der Waals surface area contributed by atoms with Crippen molar-refractivity contribution in [3.05, 3.63) is 51.7 Å². The maximum Gasteiger partial charge on any atom is 0.416 e. The van der Waals surface area contributed by atoms with Crippen LogP contribution in [0.2, 0.25) is 0 Å². The summed E-state index contributed by atoms with van der Waals surface area (Å²) >= 11 is 1.99. The first-order valence-corrected chi connectivity index (χ1v) is 8.06. The van der Waals surface area contributed by atoms with Crippen LogP contribution < -0.4 is 4.72 Å². The van der Waals surface area contributed by atoms with Gasteiger partial charge in [0.25, 0.3) is 10.0 Å². The number of rotatable bonds is 3. The minimum atomic E-state index is -4.60. The normalized spacial score (nSPS) is 12.2. The molecule has 0 aliphatic heterocycles. The van der Waals surface area contributed by atoms with Crippen molar-refractivity contribution < 1.29 is 21.6 Å². The number of benzene rings is 1. The number of nitrogens with one attached hydrogen (secondary N) is 1. The summed E-state index contributed by atoms with van der Waals surface area (Å²) in [6, 6.07) is 6.56. The number of aromatic nitrogens is 1. The van der Waals surface area contributed by atoms with Crippen molar-refractivity contribution in [2.45, 2.75) is 11.1 Å². The second kappa shape index (κ2) is 5.79. The quantitative estimate of drug-likeness (QED) is 0.762. The van der Waals surface area contributed by atoms with Crippen molar-refractivity contribution >= 4 is 38.4 Å². The molecule has 0 atom stereocenters. The summed E-state index contributed by atoms with van der Waals surface area (Å²) in [5.74, 6) is 0.0350. The van der Waals surface area contributed by atoms with Gasteiger partial charge in [-0.2, -0.15) is 13.2 Å². The molecule has 1 aromatic carbocycles. The van der Waals surface area contributed by atoms with Gasteiger partial charge in [0.15, 0.2) is 0 Å². The molecule has 4 nitrogen and oxygen atoms in total. The third-order valence-electron chi connectivity index (χ3n) is 2.44. The van der Waals surface area contributed by atoms with E-state index in [1.807, 2.05) is 22.6 Å². The van der Waals surface area contributed by atoms with E-state index in [0.29, 0.717) is 6.07 Å². The molecule has 0 spiro atoms. The third-order valence-corrected chi connectivity index (χ3v) is 4.43. The highest BCUT2D eigenvalue weighted by Crippen LogP contribution is 2.30. The van der Waals surface area contributed by atoms with Crippen molar-refractivity contribution in [3.8, 4) is 0 Å². The molecule has 0 aliphatic carbocycles. The molecule has 1 aromatic heterocycles. The molecule has 21 heavy (non-hydrogen) atoms. The molecule has 1 N–H and O–H groups in total. The van der Waals surface area contributed by atoms with E-state index in [-0.39, 0.29) is 5.82 Å². The van der Waals surface area contributed by atoms with Crippen LogP contribution in [-0.2, 0) is 16.2 Å². The fraction of sp³-hybridized carbons (Fsp3) is 0.0833. The van der Waals surface area contributed by atoms with Crippen LogP contribution in [0.4, 0.5) is 19.0 Å². The van der Waals surface area contributed by atoms with Crippen LogP contribution >= 0.6 is 22.6 Å². The van der Waals surface area contributed by atoms with Crippen LogP contribution in [-0.4, -0.2) is 13.4 Å². The van der Waals surface area contributed by atoms with Gasteiger partial charge in [-0.3, -0.25) is 4.72 Å². The van der Waals surface area contributed by atoms with Gasteiger partial charge in [-0.1, -0.05) is 6.07 Å². The lowest BCUT2D eigenvalue weighted by Crippen LogP contribution is -2.15. The summed E-state index contributed by atoms with van der Waals surface area (Å²) in [4.78, 5) is 3.37. The highest BCUT2D eigenvalue weighted by molar-refractivity contribution is 14.1. The Labute approximate surface area is 132 Å². The lowest BCUT2D eigenvalue weighted by atomic mass is 10.2. The smallest absolute Gasteiger partial charge is 0.263 e. The van der Waals surface area contributed by atoms with E-state index in [1.165, 1.54) is 12.3 Å². The fourth-order valence-electron chi connectivity index (χ4n) is 1.47. The van der Waals surface area contributed by atoms with E-state index in [4.69, 9.17) is 0 Å². The molecule has 0 bridgehead atoms. The first kappa shape index (κ1) is 16.0. The molecule has 0 aliphatic rings. The number of hydrogen-bond donors (Lipinski definition) is 1. The van der Waals surface area contributed by atoms with Crippen LogP contribution in [0, 0.1) is 3.57 Å². The highest BCUT2D eigenvalue weighted by Gasteiger charge is 2.31. The predicted molar refractivity (Wildman–Crippen MR) is 79.2 cm³/mol. The first-order valence-electron chi connectivity index (χ1n) is 5.50. The summed E-state index contributed by atoms with van der Waals surface area (Å²) in [6.45, 7) is 0. The Morgan fingerprint density at radius 2 is 1.86 bits per heavy atom. The summed E-state index contributed by atoms with van der Waals surface area (Å²) in [7, 11) is -4.12. The average molecular weight is 428 g/mol. The van der Waals surface area contributed by atoms with Gasteiger partial charge in [0.1, 0.15) is 5.82 Å². The average Bonchev–Trinajstić information content (AvgIpc) is 2.40. The molecule has 0 unspecified atom stereocenters. The van der Waals surface area contributed by atoms with Gasteiger partial charge in [-0.15, -0.1) is 0 Å². The Bertz CT molecular complexity index is 746. The minimum Gasteiger partial charge on any atom is -0.263 e. The second-order valence-corrected chi connectivity index (χ2v) is 6.92. The zero-order chi connectivity index (χ0) is 15.7. The molecular weight excluding hydrogens is 420 g/mol. The topological polar surface area (TPSA) is 59.1 Å². The lowest BCUT2D eigenvalue weighted by molar-refractivity contribution is -0.137. The van der Waals surface area contributed by atoms with Crippen molar-refractivity contribution in [1.29, 1.82) is 0 Å². The number of halogens is 4. The van der Waals surface area contributed by atoms with Crippen LogP contribution in [0.25, 0.3) is 0 Å². The van der Waals surface area contributed by atoms with E-state index < -0.39 is 26.7 Å². The number of sulfonamides is 1. The van der Waals surface area contributed by atoms with Gasteiger partial charge in [0.2, 0.25) is 0 Å². The number of nitrogens with zero attached hydrogens (tertiary/aromatic N) is 1. The molecule has 112 valence electrons. The summed E-state index contributed by atoms with van der Waals surface area (Å²) < 4.78 is 64.8. The fourth-order valence-corrected chi connectivity index (χ4v) is 2.85. The SMILES string of the molecule is O=S(=O)(Nc1ccc(I)cn1)c1cccc(C(F)(F)F)c1. The maximum atomic E-state index is 12.6. The molecule has 0 saturated carbocycles. The predicted octanol–water partition coefficient (Wildman–Crippen LogP) is 3.51. The van der Waals surface area contributed by atoms with E-state index in [1.54, 1.807) is 6.07 Å². The number of anilines is 1. The molecule has 9 heteroatoms. The van der Waals surface area contributed by atoms with Crippen molar-refractivity contribution in [1.82, 2.24) is 4.98 Å². The summed E-state index contributed by atoms with van der Waals surface area (Å²) in [5, 5.41) is 0. The van der Waals surface area contributed by atoms with E-state index in [0.717, 1.165) is 21.8 Å². The Hall–Kier alpha value is -1.36. The molecule has 0 radical (unpaired) electrons. The summed E-state index contributed by atoms with van der Waals surface area (Å²) in [6.07, 6.45) is -3.17. The number of hydrogen-bond acceptors (Lipinski definition) is 3. The third kappa shape index (κ3) is 4.06. The Balaban J connectivity index is 2.34. The minimum absolute atomic E-state index is 0.0350. The van der Waals surface area contributed by atoms with Crippen molar-refractivity contribution in [3.63, 3.8) is 0 Å². The van der Waals surface area contributed by atoms with Crippen LogP contribution in [0.1, 0.15) is 5.56 Å². The molecule has 0 saturated heterocycles. The molecule has 2 rings (SSSR count). The first-order chi connectivity index (χ1) is 9.68. The highest BCUT2D eigenvalue weighted by atomic mass is 127. The van der Waals surface area contributed by atoms with Crippen LogP contribution in [0.3, 0.4) is 0 Å². The van der Waals surface area contributed by atoms with Gasteiger partial charge in [0.05, 0.1) is 10.5 Å². The molecule has 0 fully saturated rings. The van der Waals surface area contributed by atoms with E-state index in [9.17, 15) is 21.6 Å². The molecular formula is C12H8F3IN2O2S. The van der Waals surface area contributed by atoms with Crippen LogP contribution in [0.15, 0.2) is 47.5 Å². The molecule has 1 heterocycles. The van der Waals surface area contributed by atoms with Gasteiger partial charge >= 0.3 is 6.18 Å². The monoisotopic (exact) mass is 428 g/mol. The zero-order valence-corrected chi connectivity index (χ0v) is 13.2. The van der Waals surface area contributed by atoms with Crippen molar-refractivity contribution in [2.75, 3.05) is 4.72 Å². The largest absolute Gasteiger partial charge is 0.416 e. The lowest BCUT2D eigenvalue weighted by Gasteiger charge is -2.10. The van der Waals surface area contributed by atoms with Gasteiger partial charge in [-0.25, -0.2) is 13.4 Å². The standard InChI is InChI=1S/C12H8F3IN2O2S/c13-12(14,15)8-2-1-3-10(6-8)21(19,20)18-11-5-4-9(16)7-17-11/h1-7H,(H,17,18). The molecule has 2 aromatic rings. The van der Waals surface area contributed by atoms with Gasteiger partial charge in [0, 0.05) is 9.77 Å². The zero-order valence-electron chi connectivity index (χ0n) is 10.2. The Morgan fingerprint density at radius 1 is 1.14 bits per heavy atom. The second-order valence-electron chi connectivity index (χ2n) is 3.99. The Morgan fingerprint density at radius 3 is 2.43 bits per heavy atom. The molecule has 0 amide bonds. The van der Waals surface area contributed by atoms with E-state index in [2.05, 4.69) is 9.71 Å². The maximum absolute atomic E-state index is 12.6. The number of pyridine rings is 1. The van der Waals surface area contributed by atoms with Crippen LogP contribution in [0.5, 0.6) is 0 Å². The van der Waals surface area contributed by atoms with Gasteiger partial charge in [-0.05, 0) is 52.9 Å². The van der Waals surface area contributed by atoms with E-state index >= 15 is 0 Å². The number of alkyl halides is 3. The summed E-state index contributed by atoms with van der Waals surface area (Å²) in [5.41, 5.74) is -1.03.